The van der Waals surface area contributed by atoms with E-state index in [4.69, 9.17) is 9.47 Å². The van der Waals surface area contributed by atoms with Crippen LogP contribution in [0.4, 0.5) is 17.6 Å². The third-order valence-electron chi connectivity index (χ3n) is 8.42. The van der Waals surface area contributed by atoms with E-state index in [1.807, 2.05) is 0 Å². The number of hydrogen-bond donors (Lipinski definition) is 1. The number of nitrogens with one attached hydrogen (secondary N) is 1. The van der Waals surface area contributed by atoms with Crippen LogP contribution in [0.3, 0.4) is 0 Å². The van der Waals surface area contributed by atoms with Crippen LogP contribution in [0, 0.1) is 25.6 Å². The quantitative estimate of drug-likeness (QED) is 0.174. The molecule has 14 heteroatoms. The van der Waals surface area contributed by atoms with Crippen LogP contribution in [-0.4, -0.2) is 60.3 Å². The van der Waals surface area contributed by atoms with Crippen molar-refractivity contribution in [2.75, 3.05) is 34.4 Å². The van der Waals surface area contributed by atoms with E-state index in [2.05, 4.69) is 5.32 Å². The zero-order chi connectivity index (χ0) is 37.7. The molecule has 10 nitrogen and oxygen atoms in total. The first kappa shape index (κ1) is 40.0. The Morgan fingerprint density at radius 1 is 1.06 bits per heavy atom. The number of halogens is 4. The average Bonchev–Trinajstić information content (AvgIpc) is 3.02. The van der Waals surface area contributed by atoms with E-state index in [1.165, 1.54) is 30.7 Å². The second kappa shape index (κ2) is 16.5. The zero-order valence-corrected chi connectivity index (χ0v) is 30.0. The summed E-state index contributed by atoms with van der Waals surface area (Å²) < 4.78 is 71.0. The van der Waals surface area contributed by atoms with Gasteiger partial charge in [0.2, 0.25) is 5.91 Å². The predicted octanol–water partition coefficient (Wildman–Crippen LogP) is 5.50. The van der Waals surface area contributed by atoms with E-state index in [0.717, 1.165) is 10.8 Å². The van der Waals surface area contributed by atoms with Crippen LogP contribution < -0.4 is 21.2 Å². The summed E-state index contributed by atoms with van der Waals surface area (Å²) in [5, 5.41) is 2.69. The second-order valence-electron chi connectivity index (χ2n) is 13.0. The summed E-state index contributed by atoms with van der Waals surface area (Å²) in [6.07, 6.45) is -4.28. The summed E-state index contributed by atoms with van der Waals surface area (Å²) in [6, 6.07) is 2.28. The Balaban J connectivity index is 2.22. The highest BCUT2D eigenvalue weighted by molar-refractivity contribution is 5.82. The van der Waals surface area contributed by atoms with Crippen molar-refractivity contribution < 1.29 is 36.6 Å². The summed E-state index contributed by atoms with van der Waals surface area (Å²) in [4.78, 5) is 55.4. The minimum absolute atomic E-state index is 0.00427. The lowest BCUT2D eigenvalue weighted by Crippen LogP contribution is -2.41. The molecule has 0 radical (unpaired) electrons. The van der Waals surface area contributed by atoms with E-state index in [-0.39, 0.29) is 65.5 Å². The molecule has 2 heterocycles. The number of amides is 1. The maximum absolute atomic E-state index is 16.0. The van der Waals surface area contributed by atoms with Crippen LogP contribution in [0.15, 0.2) is 40.1 Å². The van der Waals surface area contributed by atoms with E-state index in [0.29, 0.717) is 11.8 Å². The van der Waals surface area contributed by atoms with Crippen molar-refractivity contribution >= 4 is 11.9 Å². The lowest BCUT2D eigenvalue weighted by molar-refractivity contribution is -0.144. The third kappa shape index (κ3) is 9.40. The number of hydrogen-bond acceptors (Lipinski definition) is 7. The van der Waals surface area contributed by atoms with Crippen LogP contribution in [0.25, 0.3) is 11.1 Å². The maximum Gasteiger partial charge on any atom is 0.416 e. The van der Waals surface area contributed by atoms with Gasteiger partial charge in [-0.05, 0) is 82.4 Å². The molecule has 0 saturated carbocycles. The van der Waals surface area contributed by atoms with Crippen molar-refractivity contribution in [2.24, 2.45) is 13.0 Å². The molecule has 274 valence electrons. The van der Waals surface area contributed by atoms with E-state index in [9.17, 15) is 32.3 Å². The van der Waals surface area contributed by atoms with E-state index >= 15 is 4.39 Å². The maximum atomic E-state index is 16.0. The fourth-order valence-electron chi connectivity index (χ4n) is 5.74. The third-order valence-corrected chi connectivity index (χ3v) is 8.42. The summed E-state index contributed by atoms with van der Waals surface area (Å²) in [5.41, 5.74) is -1.74. The highest BCUT2D eigenvalue weighted by Gasteiger charge is 2.36. The smallest absolute Gasteiger partial charge is 0.416 e. The van der Waals surface area contributed by atoms with Crippen LogP contribution in [0.5, 0.6) is 5.75 Å². The van der Waals surface area contributed by atoms with Gasteiger partial charge in [0.05, 0.1) is 37.3 Å². The number of carbonyl (C=O) groups excluding carboxylic acids is 2. The number of nitrogens with zero attached hydrogens (tertiary/aromatic N) is 3. The van der Waals surface area contributed by atoms with Crippen molar-refractivity contribution in [1.29, 1.82) is 0 Å². The van der Waals surface area contributed by atoms with Gasteiger partial charge in [0.25, 0.3) is 11.1 Å². The van der Waals surface area contributed by atoms with Crippen LogP contribution >= 0.6 is 0 Å². The van der Waals surface area contributed by atoms with Gasteiger partial charge in [-0.25, -0.2) is 4.39 Å². The van der Waals surface area contributed by atoms with Gasteiger partial charge in [0.1, 0.15) is 17.6 Å². The van der Waals surface area contributed by atoms with Crippen molar-refractivity contribution in [3.63, 3.8) is 0 Å². The number of esters is 1. The van der Waals surface area contributed by atoms with Crippen molar-refractivity contribution in [3.8, 4) is 16.9 Å². The number of aromatic nitrogens is 2. The van der Waals surface area contributed by atoms with Crippen LogP contribution in [0.1, 0.15) is 73.6 Å². The highest BCUT2D eigenvalue weighted by Crippen LogP contribution is 2.35. The summed E-state index contributed by atoms with van der Waals surface area (Å²) >= 11 is 0. The molecular weight excluding hydrogens is 660 g/mol. The summed E-state index contributed by atoms with van der Waals surface area (Å²) in [7, 11) is 6.36. The molecule has 2 unspecified atom stereocenters. The Kier molecular flexibility index (Phi) is 13.2. The normalized spacial score (nSPS) is 13.0. The SMILES string of the molecule is CCOC(=O)CC(NC(=O)C(CC(C)C)n1cc(CCN(C)C)c(C(F)(F)F)cc1=O)c1cc(-c2c(OC)cc(C)n(C)c2=O)cc(C)c1F. The standard InChI is InChI=1S/C36H46F4N4O6/c1-10-50-31(46)18-27(25-16-24(14-21(4)33(25)37)32-29(49-9)15-22(5)43(8)35(32)48)41-34(47)28(13-20(2)3)44-19-23(11-12-42(6)7)26(17-30(44)45)36(38,39)40/h14-17,19-20,27-28H,10-13,18H2,1-9H3,(H,41,47). The number of benzene rings is 1. The molecule has 1 amide bonds. The molecule has 0 aliphatic heterocycles. The molecule has 3 aromatic rings. The predicted molar refractivity (Wildman–Crippen MR) is 182 cm³/mol. The van der Waals surface area contributed by atoms with E-state index in [1.54, 1.807) is 59.8 Å². The number of methoxy groups -OCH3 is 1. The number of pyridine rings is 2. The Labute approximate surface area is 289 Å². The van der Waals surface area contributed by atoms with Gasteiger partial charge in [0, 0.05) is 43.2 Å². The van der Waals surface area contributed by atoms with Gasteiger partial charge in [-0.1, -0.05) is 13.8 Å². The first-order valence-electron chi connectivity index (χ1n) is 16.3. The molecule has 1 aromatic carbocycles. The van der Waals surface area contributed by atoms with Gasteiger partial charge < -0.3 is 28.8 Å². The van der Waals surface area contributed by atoms with E-state index < -0.39 is 59.1 Å². The Morgan fingerprint density at radius 2 is 1.72 bits per heavy atom. The molecule has 0 bridgehead atoms. The second-order valence-corrected chi connectivity index (χ2v) is 13.0. The molecule has 3 rings (SSSR count). The minimum Gasteiger partial charge on any atom is -0.496 e. The highest BCUT2D eigenvalue weighted by atomic mass is 19.4. The number of alkyl halides is 3. The first-order chi connectivity index (χ1) is 23.3. The molecule has 2 aromatic heterocycles. The van der Waals surface area contributed by atoms with Crippen molar-refractivity contribution in [3.05, 3.63) is 84.9 Å². The average molecular weight is 707 g/mol. The van der Waals surface area contributed by atoms with Crippen molar-refractivity contribution in [1.82, 2.24) is 19.4 Å². The lowest BCUT2D eigenvalue weighted by Gasteiger charge is -2.27. The fourth-order valence-corrected chi connectivity index (χ4v) is 5.74. The lowest BCUT2D eigenvalue weighted by atomic mass is 9.93. The monoisotopic (exact) mass is 706 g/mol. The fraction of sp³-hybridized carbons (Fsp3) is 0.500. The largest absolute Gasteiger partial charge is 0.496 e. The molecule has 1 N–H and O–H groups in total. The Hall–Kier alpha value is -4.46. The van der Waals surface area contributed by atoms with Gasteiger partial charge in [-0.15, -0.1) is 0 Å². The summed E-state index contributed by atoms with van der Waals surface area (Å²) in [6.45, 7) is 8.58. The summed E-state index contributed by atoms with van der Waals surface area (Å²) in [5.74, 6) is -2.32. The van der Waals surface area contributed by atoms with Crippen LogP contribution in [-0.2, 0) is 34.0 Å². The first-order valence-corrected chi connectivity index (χ1v) is 16.3. The van der Waals surface area contributed by atoms with Crippen LogP contribution in [0.2, 0.25) is 0 Å². The zero-order valence-electron chi connectivity index (χ0n) is 30.0. The molecule has 0 saturated heterocycles. The van der Waals surface area contributed by atoms with Crippen molar-refractivity contribution in [2.45, 2.75) is 72.1 Å². The molecule has 0 aliphatic carbocycles. The van der Waals surface area contributed by atoms with Gasteiger partial charge >= 0.3 is 12.1 Å². The Morgan fingerprint density at radius 3 is 2.28 bits per heavy atom. The van der Waals surface area contributed by atoms with Gasteiger partial charge in [0.15, 0.2) is 0 Å². The number of aryl methyl sites for hydroxylation is 2. The number of likely N-dealkylation sites (N-methyl/N-ethyl adjacent to an activating group) is 1. The minimum atomic E-state index is -4.80. The topological polar surface area (TPSA) is 112 Å². The van der Waals surface area contributed by atoms with Gasteiger partial charge in [-0.3, -0.25) is 19.2 Å². The number of rotatable bonds is 14. The van der Waals surface area contributed by atoms with Gasteiger partial charge in [-0.2, -0.15) is 13.2 Å². The molecule has 2 atom stereocenters. The number of ether oxygens (including phenoxy) is 2. The molecule has 0 aliphatic rings. The molecular formula is C36H46F4N4O6. The Bertz CT molecular complexity index is 1830. The molecule has 0 spiro atoms. The molecule has 0 fully saturated rings. The molecule has 50 heavy (non-hydrogen) atoms. The number of carbonyl (C=O) groups is 2.